The second-order valence-electron chi connectivity index (χ2n) is 3.53. The van der Waals surface area contributed by atoms with E-state index < -0.39 is 0 Å². The van der Waals surface area contributed by atoms with Crippen LogP contribution in [0.3, 0.4) is 0 Å². The van der Waals surface area contributed by atoms with E-state index in [1.54, 1.807) is 0 Å². The molecule has 0 fully saturated rings. The number of benzene rings is 1. The molecule has 1 aliphatic rings. The molecule has 0 aliphatic carbocycles. The molecule has 0 unspecified atom stereocenters. The Labute approximate surface area is 86.1 Å². The summed E-state index contributed by atoms with van der Waals surface area (Å²) in [5, 5.41) is 13.1. The SMILES string of the molecule is C[C@@H]1C[C@@H](O)c2cc(Br)ccc2N1. The predicted octanol–water partition coefficient (Wildman–Crippen LogP) is 2.69. The van der Waals surface area contributed by atoms with Crippen molar-refractivity contribution < 1.29 is 5.11 Å². The summed E-state index contributed by atoms with van der Waals surface area (Å²) in [5.41, 5.74) is 2.04. The summed E-state index contributed by atoms with van der Waals surface area (Å²) in [5.74, 6) is 0. The van der Waals surface area contributed by atoms with Crippen LogP contribution in [0.25, 0.3) is 0 Å². The van der Waals surface area contributed by atoms with E-state index in [4.69, 9.17) is 0 Å². The van der Waals surface area contributed by atoms with E-state index in [-0.39, 0.29) is 6.10 Å². The van der Waals surface area contributed by atoms with Crippen LogP contribution < -0.4 is 5.32 Å². The fourth-order valence-corrected chi connectivity index (χ4v) is 2.11. The number of hydrogen-bond acceptors (Lipinski definition) is 2. The van der Waals surface area contributed by atoms with Crippen LogP contribution in [0, 0.1) is 0 Å². The van der Waals surface area contributed by atoms with Gasteiger partial charge in [0.15, 0.2) is 0 Å². The smallest absolute Gasteiger partial charge is 0.0829 e. The minimum Gasteiger partial charge on any atom is -0.388 e. The van der Waals surface area contributed by atoms with Crippen molar-refractivity contribution in [1.82, 2.24) is 0 Å². The maximum atomic E-state index is 9.80. The Morgan fingerprint density at radius 1 is 1.54 bits per heavy atom. The summed E-state index contributed by atoms with van der Waals surface area (Å²) in [6.07, 6.45) is 0.451. The average molecular weight is 242 g/mol. The molecule has 0 saturated carbocycles. The van der Waals surface area contributed by atoms with Crippen LogP contribution >= 0.6 is 15.9 Å². The highest BCUT2D eigenvalue weighted by molar-refractivity contribution is 9.10. The van der Waals surface area contributed by atoms with E-state index in [9.17, 15) is 5.11 Å². The molecule has 0 saturated heterocycles. The Morgan fingerprint density at radius 3 is 3.08 bits per heavy atom. The predicted molar refractivity (Wildman–Crippen MR) is 56.8 cm³/mol. The Hall–Kier alpha value is -0.540. The Balaban J connectivity index is 2.43. The fourth-order valence-electron chi connectivity index (χ4n) is 1.73. The van der Waals surface area contributed by atoms with Crippen LogP contribution in [0.2, 0.25) is 0 Å². The van der Waals surface area contributed by atoms with Gasteiger partial charge in [0, 0.05) is 21.8 Å². The third kappa shape index (κ3) is 1.71. The number of rotatable bonds is 0. The third-order valence-electron chi connectivity index (χ3n) is 2.35. The quantitative estimate of drug-likeness (QED) is 0.733. The molecule has 1 aromatic carbocycles. The summed E-state index contributed by atoms with van der Waals surface area (Å²) >= 11 is 3.39. The van der Waals surface area contributed by atoms with Crippen molar-refractivity contribution in [3.05, 3.63) is 28.2 Å². The normalized spacial score (nSPS) is 26.4. The molecule has 2 nitrogen and oxygen atoms in total. The van der Waals surface area contributed by atoms with Crippen molar-refractivity contribution in [3.8, 4) is 0 Å². The molecule has 1 heterocycles. The fraction of sp³-hybridized carbons (Fsp3) is 0.400. The molecule has 0 radical (unpaired) electrons. The number of aliphatic hydroxyl groups excluding tert-OH is 1. The third-order valence-corrected chi connectivity index (χ3v) is 2.84. The molecule has 0 spiro atoms. The molecule has 0 aromatic heterocycles. The molecule has 2 N–H and O–H groups in total. The lowest BCUT2D eigenvalue weighted by Gasteiger charge is -2.28. The maximum absolute atomic E-state index is 9.80. The van der Waals surface area contributed by atoms with Gasteiger partial charge in [-0.25, -0.2) is 0 Å². The summed E-state index contributed by atoms with van der Waals surface area (Å²) in [4.78, 5) is 0. The number of anilines is 1. The van der Waals surface area contributed by atoms with Gasteiger partial charge in [-0.05, 0) is 31.5 Å². The first-order chi connectivity index (χ1) is 6.16. The van der Waals surface area contributed by atoms with Gasteiger partial charge in [-0.1, -0.05) is 15.9 Å². The topological polar surface area (TPSA) is 32.3 Å². The van der Waals surface area contributed by atoms with Crippen LogP contribution in [0.1, 0.15) is 25.0 Å². The van der Waals surface area contributed by atoms with Crippen LogP contribution in [0.5, 0.6) is 0 Å². The first-order valence-electron chi connectivity index (χ1n) is 4.41. The number of aliphatic hydroxyl groups is 1. The van der Waals surface area contributed by atoms with Gasteiger partial charge in [-0.2, -0.15) is 0 Å². The minimum atomic E-state index is -0.330. The Morgan fingerprint density at radius 2 is 2.31 bits per heavy atom. The molecular weight excluding hydrogens is 230 g/mol. The van der Waals surface area contributed by atoms with E-state index >= 15 is 0 Å². The molecular formula is C10H12BrNO. The van der Waals surface area contributed by atoms with Crippen molar-refractivity contribution in [2.75, 3.05) is 5.32 Å². The van der Waals surface area contributed by atoms with Gasteiger partial charge in [-0.15, -0.1) is 0 Å². The first-order valence-corrected chi connectivity index (χ1v) is 5.20. The standard InChI is InChI=1S/C10H12BrNO/c1-6-4-10(13)8-5-7(11)2-3-9(8)12-6/h2-3,5-6,10,12-13H,4H2,1H3/t6-,10-/m1/s1. The van der Waals surface area contributed by atoms with E-state index in [0.717, 1.165) is 22.1 Å². The maximum Gasteiger partial charge on any atom is 0.0829 e. The zero-order valence-corrected chi connectivity index (χ0v) is 9.01. The molecule has 2 atom stereocenters. The highest BCUT2D eigenvalue weighted by atomic mass is 79.9. The number of nitrogens with one attached hydrogen (secondary N) is 1. The molecule has 3 heteroatoms. The van der Waals surface area contributed by atoms with Crippen molar-refractivity contribution in [2.24, 2.45) is 0 Å². The zero-order valence-electron chi connectivity index (χ0n) is 7.42. The molecule has 1 aliphatic heterocycles. The second kappa shape index (κ2) is 3.31. The first kappa shape index (κ1) is 9.03. The monoisotopic (exact) mass is 241 g/mol. The molecule has 13 heavy (non-hydrogen) atoms. The van der Waals surface area contributed by atoms with Gasteiger partial charge in [0.1, 0.15) is 0 Å². The van der Waals surface area contributed by atoms with E-state index in [1.165, 1.54) is 0 Å². The summed E-state index contributed by atoms with van der Waals surface area (Å²) < 4.78 is 1.02. The van der Waals surface area contributed by atoms with Crippen LogP contribution in [0.15, 0.2) is 22.7 Å². The van der Waals surface area contributed by atoms with E-state index in [2.05, 4.69) is 28.2 Å². The lowest BCUT2D eigenvalue weighted by atomic mass is 9.96. The van der Waals surface area contributed by atoms with E-state index in [0.29, 0.717) is 6.04 Å². The van der Waals surface area contributed by atoms with Gasteiger partial charge in [0.25, 0.3) is 0 Å². The molecule has 70 valence electrons. The lowest BCUT2D eigenvalue weighted by molar-refractivity contribution is 0.158. The van der Waals surface area contributed by atoms with Crippen molar-refractivity contribution >= 4 is 21.6 Å². The Kier molecular flexibility index (Phi) is 2.30. The van der Waals surface area contributed by atoms with Gasteiger partial charge < -0.3 is 10.4 Å². The van der Waals surface area contributed by atoms with Gasteiger partial charge >= 0.3 is 0 Å². The van der Waals surface area contributed by atoms with Crippen molar-refractivity contribution in [1.29, 1.82) is 0 Å². The van der Waals surface area contributed by atoms with Gasteiger partial charge in [-0.3, -0.25) is 0 Å². The zero-order chi connectivity index (χ0) is 9.42. The second-order valence-corrected chi connectivity index (χ2v) is 4.44. The highest BCUT2D eigenvalue weighted by Gasteiger charge is 2.21. The van der Waals surface area contributed by atoms with Crippen LogP contribution in [-0.4, -0.2) is 11.1 Å². The average Bonchev–Trinajstić information content (AvgIpc) is 2.06. The highest BCUT2D eigenvalue weighted by Crippen LogP contribution is 2.33. The number of hydrogen-bond donors (Lipinski definition) is 2. The number of halogens is 1. The molecule has 0 amide bonds. The van der Waals surface area contributed by atoms with Crippen molar-refractivity contribution in [2.45, 2.75) is 25.5 Å². The Bertz CT molecular complexity index is 327. The van der Waals surface area contributed by atoms with Crippen LogP contribution in [0.4, 0.5) is 5.69 Å². The summed E-state index contributed by atoms with van der Waals surface area (Å²) in [7, 11) is 0. The molecule has 2 rings (SSSR count). The lowest BCUT2D eigenvalue weighted by Crippen LogP contribution is -2.25. The summed E-state index contributed by atoms with van der Waals surface area (Å²) in [6.45, 7) is 2.08. The van der Waals surface area contributed by atoms with Gasteiger partial charge in [0.2, 0.25) is 0 Å². The van der Waals surface area contributed by atoms with Gasteiger partial charge in [0.05, 0.1) is 6.10 Å². The van der Waals surface area contributed by atoms with Crippen molar-refractivity contribution in [3.63, 3.8) is 0 Å². The largest absolute Gasteiger partial charge is 0.388 e. The minimum absolute atomic E-state index is 0.330. The summed E-state index contributed by atoms with van der Waals surface area (Å²) in [6, 6.07) is 6.30. The number of fused-ring (bicyclic) bond motifs is 1. The van der Waals surface area contributed by atoms with Crippen LogP contribution in [-0.2, 0) is 0 Å². The van der Waals surface area contributed by atoms with E-state index in [1.807, 2.05) is 18.2 Å². The molecule has 1 aromatic rings. The molecule has 0 bridgehead atoms.